The Morgan fingerprint density at radius 1 is 0.885 bits per heavy atom. The van der Waals surface area contributed by atoms with E-state index >= 15 is 0 Å². The number of hydrogen-bond acceptors (Lipinski definition) is 4. The molecule has 0 aliphatic carbocycles. The summed E-state index contributed by atoms with van der Waals surface area (Å²) in [5.41, 5.74) is 6.70. The van der Waals surface area contributed by atoms with Crippen LogP contribution in [0.4, 0.5) is 0 Å². The summed E-state index contributed by atoms with van der Waals surface area (Å²) in [6.07, 6.45) is -0.111. The lowest BCUT2D eigenvalue weighted by atomic mass is 10.1. The fourth-order valence-electron chi connectivity index (χ4n) is 2.62. The largest absolute Gasteiger partial charge is 0.274 e. The Morgan fingerprint density at radius 2 is 1.46 bits per heavy atom. The third-order valence-corrected chi connectivity index (χ3v) is 4.07. The number of hydrazine groups is 1. The third-order valence-electron chi connectivity index (χ3n) is 4.07. The van der Waals surface area contributed by atoms with Crippen LogP contribution in [0.3, 0.4) is 0 Å². The lowest BCUT2D eigenvalue weighted by Crippen LogP contribution is -2.43. The van der Waals surface area contributed by atoms with E-state index in [1.807, 2.05) is 6.92 Å². The van der Waals surface area contributed by atoms with Crippen molar-refractivity contribution >= 4 is 23.6 Å². The van der Waals surface area contributed by atoms with Crippen molar-refractivity contribution in [2.45, 2.75) is 13.3 Å². The Morgan fingerprint density at radius 3 is 2.04 bits per heavy atom. The highest BCUT2D eigenvalue weighted by atomic mass is 16.2. The summed E-state index contributed by atoms with van der Waals surface area (Å²) in [6, 6.07) is 13.4. The maximum Gasteiger partial charge on any atom is 0.269 e. The summed E-state index contributed by atoms with van der Waals surface area (Å²) >= 11 is 0. The second-order valence-electron chi connectivity index (χ2n) is 5.93. The molecule has 0 fully saturated rings. The van der Waals surface area contributed by atoms with E-state index in [2.05, 4.69) is 10.9 Å². The van der Waals surface area contributed by atoms with Crippen LogP contribution >= 0.6 is 0 Å². The van der Waals surface area contributed by atoms with Gasteiger partial charge in [-0.1, -0.05) is 29.8 Å². The number of carbonyl (C=O) groups is 4. The first-order valence-electron chi connectivity index (χ1n) is 8.08. The van der Waals surface area contributed by atoms with Crippen molar-refractivity contribution in [2.24, 2.45) is 0 Å². The summed E-state index contributed by atoms with van der Waals surface area (Å²) in [4.78, 5) is 49.3. The van der Waals surface area contributed by atoms with Crippen molar-refractivity contribution in [2.75, 3.05) is 6.54 Å². The van der Waals surface area contributed by atoms with E-state index in [0.29, 0.717) is 16.7 Å². The summed E-state index contributed by atoms with van der Waals surface area (Å²) in [5.74, 6) is -1.77. The van der Waals surface area contributed by atoms with Crippen LogP contribution in [0, 0.1) is 6.92 Å². The quantitative estimate of drug-likeness (QED) is 0.644. The number of aryl methyl sites for hydroxylation is 1. The van der Waals surface area contributed by atoms with Gasteiger partial charge < -0.3 is 0 Å². The lowest BCUT2D eigenvalue weighted by molar-refractivity contribution is -0.121. The molecule has 132 valence electrons. The van der Waals surface area contributed by atoms with Crippen molar-refractivity contribution in [3.8, 4) is 0 Å². The van der Waals surface area contributed by atoms with Crippen LogP contribution in [0.25, 0.3) is 0 Å². The van der Waals surface area contributed by atoms with E-state index in [1.54, 1.807) is 48.5 Å². The first-order chi connectivity index (χ1) is 12.5. The van der Waals surface area contributed by atoms with Crippen LogP contribution < -0.4 is 10.9 Å². The molecule has 1 aliphatic rings. The maximum atomic E-state index is 12.2. The SMILES string of the molecule is Cc1ccc(C(=O)NNC(=O)CCN2C(=O)c3ccccc3C2=O)cc1. The van der Waals surface area contributed by atoms with Crippen molar-refractivity contribution in [3.05, 3.63) is 70.8 Å². The molecule has 0 aromatic heterocycles. The molecule has 0 saturated heterocycles. The predicted molar refractivity (Wildman–Crippen MR) is 93.2 cm³/mol. The smallest absolute Gasteiger partial charge is 0.269 e. The zero-order chi connectivity index (χ0) is 18.7. The van der Waals surface area contributed by atoms with Crippen LogP contribution in [0.15, 0.2) is 48.5 Å². The Bertz CT molecular complexity index is 855. The Hall–Kier alpha value is -3.48. The van der Waals surface area contributed by atoms with Gasteiger partial charge >= 0.3 is 0 Å². The van der Waals surface area contributed by atoms with Crippen molar-refractivity contribution in [3.63, 3.8) is 0 Å². The van der Waals surface area contributed by atoms with Crippen LogP contribution in [0.1, 0.15) is 43.1 Å². The van der Waals surface area contributed by atoms with Crippen LogP contribution in [-0.2, 0) is 4.79 Å². The molecule has 26 heavy (non-hydrogen) atoms. The summed E-state index contributed by atoms with van der Waals surface area (Å²) in [5, 5.41) is 0. The van der Waals surface area contributed by atoms with Gasteiger partial charge in [0.25, 0.3) is 17.7 Å². The van der Waals surface area contributed by atoms with E-state index in [0.717, 1.165) is 10.5 Å². The fourth-order valence-corrected chi connectivity index (χ4v) is 2.62. The predicted octanol–water partition coefficient (Wildman–Crippen LogP) is 1.44. The standard InChI is InChI=1S/C19H17N3O4/c1-12-6-8-13(9-7-12)17(24)21-20-16(23)10-11-22-18(25)14-4-2-3-5-15(14)19(22)26/h2-9H,10-11H2,1H3,(H,20,23)(H,21,24). The average Bonchev–Trinajstić information content (AvgIpc) is 2.89. The van der Waals surface area contributed by atoms with Crippen LogP contribution in [-0.4, -0.2) is 35.1 Å². The zero-order valence-electron chi connectivity index (χ0n) is 14.1. The molecule has 0 bridgehead atoms. The molecule has 1 aliphatic heterocycles. The minimum absolute atomic E-state index is 0.0570. The number of carbonyl (C=O) groups excluding carboxylic acids is 4. The molecule has 0 saturated carbocycles. The average molecular weight is 351 g/mol. The molecule has 0 atom stereocenters. The normalized spacial score (nSPS) is 12.7. The lowest BCUT2D eigenvalue weighted by Gasteiger charge is -2.13. The summed E-state index contributed by atoms with van der Waals surface area (Å²) < 4.78 is 0. The van der Waals surface area contributed by atoms with Gasteiger partial charge in [-0.25, -0.2) is 0 Å². The fraction of sp³-hybridized carbons (Fsp3) is 0.158. The first kappa shape index (κ1) is 17.3. The Kier molecular flexibility index (Phi) is 4.79. The van der Waals surface area contributed by atoms with E-state index < -0.39 is 23.6 Å². The van der Waals surface area contributed by atoms with E-state index in [1.165, 1.54) is 0 Å². The first-order valence-corrected chi connectivity index (χ1v) is 8.08. The van der Waals surface area contributed by atoms with Gasteiger partial charge in [0.1, 0.15) is 0 Å². The number of imide groups is 1. The summed E-state index contributed by atoms with van der Waals surface area (Å²) in [6.45, 7) is 1.85. The molecule has 3 rings (SSSR count). The number of fused-ring (bicyclic) bond motifs is 1. The molecule has 2 aromatic rings. The topological polar surface area (TPSA) is 95.6 Å². The molecule has 7 heteroatoms. The highest BCUT2D eigenvalue weighted by Crippen LogP contribution is 2.22. The van der Waals surface area contributed by atoms with E-state index in [-0.39, 0.29) is 13.0 Å². The molecule has 2 N–H and O–H groups in total. The van der Waals surface area contributed by atoms with Gasteiger partial charge in [-0.05, 0) is 31.2 Å². The molecule has 0 unspecified atom stereocenters. The van der Waals surface area contributed by atoms with Gasteiger partial charge in [-0.3, -0.25) is 34.9 Å². The van der Waals surface area contributed by atoms with E-state index in [9.17, 15) is 19.2 Å². The number of rotatable bonds is 4. The van der Waals surface area contributed by atoms with Crippen LogP contribution in [0.5, 0.6) is 0 Å². The van der Waals surface area contributed by atoms with E-state index in [4.69, 9.17) is 0 Å². The highest BCUT2D eigenvalue weighted by molar-refractivity contribution is 6.21. The number of hydrogen-bond donors (Lipinski definition) is 2. The Balaban J connectivity index is 1.50. The molecular formula is C19H17N3O4. The van der Waals surface area contributed by atoms with Gasteiger partial charge in [-0.2, -0.15) is 0 Å². The molecule has 0 spiro atoms. The minimum Gasteiger partial charge on any atom is -0.274 e. The zero-order valence-corrected chi connectivity index (χ0v) is 14.1. The number of nitrogens with zero attached hydrogens (tertiary/aromatic N) is 1. The summed E-state index contributed by atoms with van der Waals surface area (Å²) in [7, 11) is 0. The number of nitrogens with one attached hydrogen (secondary N) is 2. The molecular weight excluding hydrogens is 334 g/mol. The van der Waals surface area contributed by atoms with Crippen molar-refractivity contribution < 1.29 is 19.2 Å². The second-order valence-corrected chi connectivity index (χ2v) is 5.93. The molecule has 4 amide bonds. The second kappa shape index (κ2) is 7.18. The molecule has 2 aromatic carbocycles. The molecule has 0 radical (unpaired) electrons. The maximum absolute atomic E-state index is 12.2. The highest BCUT2D eigenvalue weighted by Gasteiger charge is 2.34. The molecule has 7 nitrogen and oxygen atoms in total. The van der Waals surface area contributed by atoms with Gasteiger partial charge in [0, 0.05) is 18.5 Å². The van der Waals surface area contributed by atoms with Crippen molar-refractivity contribution in [1.82, 2.24) is 15.8 Å². The van der Waals surface area contributed by atoms with Crippen molar-refractivity contribution in [1.29, 1.82) is 0 Å². The van der Waals surface area contributed by atoms with Crippen LogP contribution in [0.2, 0.25) is 0 Å². The number of amides is 4. The minimum atomic E-state index is -0.498. The Labute approximate surface area is 150 Å². The third kappa shape index (κ3) is 3.46. The van der Waals surface area contributed by atoms with Gasteiger partial charge in [0.2, 0.25) is 5.91 Å². The van der Waals surface area contributed by atoms with Gasteiger partial charge in [0.15, 0.2) is 0 Å². The van der Waals surface area contributed by atoms with Gasteiger partial charge in [0.05, 0.1) is 11.1 Å². The monoisotopic (exact) mass is 351 g/mol. The number of benzene rings is 2. The molecule has 1 heterocycles. The van der Waals surface area contributed by atoms with Gasteiger partial charge in [-0.15, -0.1) is 0 Å².